The topological polar surface area (TPSA) is 68.4 Å². The van der Waals surface area contributed by atoms with Crippen molar-refractivity contribution in [3.63, 3.8) is 0 Å². The van der Waals surface area contributed by atoms with Crippen molar-refractivity contribution in [2.75, 3.05) is 13.7 Å². The van der Waals surface area contributed by atoms with E-state index in [4.69, 9.17) is 4.74 Å². The number of fused-ring (bicyclic) bond motifs is 1. The monoisotopic (exact) mass is 261 g/mol. The van der Waals surface area contributed by atoms with Crippen LogP contribution in [0.15, 0.2) is 29.2 Å². The van der Waals surface area contributed by atoms with E-state index in [1.165, 1.54) is 13.3 Å². The van der Waals surface area contributed by atoms with Crippen LogP contribution in [0, 0.1) is 0 Å². The maximum atomic E-state index is 12.2. The molecular weight excluding hydrogens is 246 g/mol. The number of aromatic nitrogens is 1. The number of benzene rings is 1. The fourth-order valence-electron chi connectivity index (χ4n) is 1.82. The third-order valence-electron chi connectivity index (χ3n) is 2.74. The first kappa shape index (κ1) is 13.1. The minimum atomic E-state index is -0.650. The number of H-pyrrole nitrogens is 1. The molecule has 0 bridgehead atoms. The maximum absolute atomic E-state index is 12.2. The molecule has 0 aliphatic carbocycles. The van der Waals surface area contributed by atoms with Gasteiger partial charge in [-0.25, -0.2) is 4.79 Å². The summed E-state index contributed by atoms with van der Waals surface area (Å²) < 4.78 is 10.1. The SMILES string of the molecule is CCCOc1cccc2c(=O)c(C(=O)OC)c[nH]c12. The predicted molar refractivity (Wildman–Crippen MR) is 71.7 cm³/mol. The third kappa shape index (κ3) is 2.45. The lowest BCUT2D eigenvalue weighted by Crippen LogP contribution is -2.17. The predicted octanol–water partition coefficient (Wildman–Crippen LogP) is 2.10. The Morgan fingerprint density at radius 1 is 1.37 bits per heavy atom. The van der Waals surface area contributed by atoms with Crippen molar-refractivity contribution in [2.45, 2.75) is 13.3 Å². The molecule has 0 atom stereocenters. The minimum absolute atomic E-state index is 0.0114. The van der Waals surface area contributed by atoms with E-state index in [9.17, 15) is 9.59 Å². The standard InChI is InChI=1S/C14H15NO4/c1-3-7-19-11-6-4-5-9-12(11)15-8-10(13(9)16)14(17)18-2/h4-6,8H,3,7H2,1-2H3,(H,15,16). The van der Waals surface area contributed by atoms with Crippen molar-refractivity contribution in [1.29, 1.82) is 0 Å². The maximum Gasteiger partial charge on any atom is 0.343 e. The number of aromatic amines is 1. The Hall–Kier alpha value is -2.30. The molecule has 0 amide bonds. The van der Waals surface area contributed by atoms with Crippen LogP contribution in [0.1, 0.15) is 23.7 Å². The molecule has 0 unspecified atom stereocenters. The molecule has 19 heavy (non-hydrogen) atoms. The number of methoxy groups -OCH3 is 1. The second-order valence-electron chi connectivity index (χ2n) is 4.05. The molecule has 5 heteroatoms. The summed E-state index contributed by atoms with van der Waals surface area (Å²) in [5.74, 6) is -0.0455. The lowest BCUT2D eigenvalue weighted by Gasteiger charge is -2.08. The summed E-state index contributed by atoms with van der Waals surface area (Å²) in [5, 5.41) is 0.413. The molecule has 1 aromatic heterocycles. The number of hydrogen-bond donors (Lipinski definition) is 1. The first-order chi connectivity index (χ1) is 9.19. The summed E-state index contributed by atoms with van der Waals surface area (Å²) in [4.78, 5) is 26.6. The van der Waals surface area contributed by atoms with Crippen LogP contribution in [0.5, 0.6) is 5.75 Å². The zero-order valence-electron chi connectivity index (χ0n) is 10.9. The largest absolute Gasteiger partial charge is 0.491 e. The number of carbonyl (C=O) groups is 1. The summed E-state index contributed by atoms with van der Waals surface area (Å²) in [6, 6.07) is 5.16. The van der Waals surface area contributed by atoms with Gasteiger partial charge < -0.3 is 14.5 Å². The van der Waals surface area contributed by atoms with Crippen LogP contribution in [0.2, 0.25) is 0 Å². The summed E-state index contributed by atoms with van der Waals surface area (Å²) >= 11 is 0. The number of ether oxygens (including phenoxy) is 2. The molecule has 0 aliphatic rings. The molecule has 2 aromatic rings. The quantitative estimate of drug-likeness (QED) is 0.856. The van der Waals surface area contributed by atoms with Gasteiger partial charge in [-0.05, 0) is 18.6 Å². The Balaban J connectivity index is 2.59. The molecule has 0 saturated heterocycles. The lowest BCUT2D eigenvalue weighted by atomic mass is 10.1. The van der Waals surface area contributed by atoms with Crippen LogP contribution in [0.3, 0.4) is 0 Å². The lowest BCUT2D eigenvalue weighted by molar-refractivity contribution is 0.0599. The fourth-order valence-corrected chi connectivity index (χ4v) is 1.82. The zero-order valence-corrected chi connectivity index (χ0v) is 10.9. The molecule has 0 radical (unpaired) electrons. The number of pyridine rings is 1. The van der Waals surface area contributed by atoms with Gasteiger partial charge in [-0.2, -0.15) is 0 Å². The number of esters is 1. The molecule has 0 saturated carbocycles. The molecule has 100 valence electrons. The Labute approximate surface area is 110 Å². The minimum Gasteiger partial charge on any atom is -0.491 e. The number of hydrogen-bond acceptors (Lipinski definition) is 4. The van der Waals surface area contributed by atoms with E-state index < -0.39 is 5.97 Å². The Morgan fingerprint density at radius 3 is 2.84 bits per heavy atom. The summed E-state index contributed by atoms with van der Waals surface area (Å²) in [6.45, 7) is 2.57. The highest BCUT2D eigenvalue weighted by atomic mass is 16.5. The molecule has 0 fully saturated rings. The average Bonchev–Trinajstić information content (AvgIpc) is 2.45. The van der Waals surface area contributed by atoms with Crippen molar-refractivity contribution < 1.29 is 14.3 Å². The van der Waals surface area contributed by atoms with Crippen LogP contribution in [0.25, 0.3) is 10.9 Å². The molecule has 2 rings (SSSR count). The van der Waals surface area contributed by atoms with Gasteiger partial charge in [-0.3, -0.25) is 4.79 Å². The van der Waals surface area contributed by atoms with E-state index >= 15 is 0 Å². The first-order valence-electron chi connectivity index (χ1n) is 6.04. The number of nitrogens with one attached hydrogen (secondary N) is 1. The van der Waals surface area contributed by atoms with Gasteiger partial charge in [0.25, 0.3) is 0 Å². The van der Waals surface area contributed by atoms with E-state index in [1.54, 1.807) is 18.2 Å². The van der Waals surface area contributed by atoms with Gasteiger partial charge in [0.05, 0.1) is 24.6 Å². The summed E-state index contributed by atoms with van der Waals surface area (Å²) in [5.41, 5.74) is 0.221. The van der Waals surface area contributed by atoms with Gasteiger partial charge in [-0.15, -0.1) is 0 Å². The summed E-state index contributed by atoms with van der Waals surface area (Å²) in [7, 11) is 1.24. The fraction of sp³-hybridized carbons (Fsp3) is 0.286. The molecular formula is C14H15NO4. The molecule has 1 heterocycles. The van der Waals surface area contributed by atoms with E-state index in [0.717, 1.165) is 6.42 Å². The van der Waals surface area contributed by atoms with Gasteiger partial charge in [0.1, 0.15) is 11.3 Å². The van der Waals surface area contributed by atoms with Crippen LogP contribution < -0.4 is 10.2 Å². The highest BCUT2D eigenvalue weighted by Gasteiger charge is 2.14. The highest BCUT2D eigenvalue weighted by molar-refractivity contribution is 5.94. The van der Waals surface area contributed by atoms with Crippen molar-refractivity contribution >= 4 is 16.9 Å². The Kier molecular flexibility index (Phi) is 3.85. The van der Waals surface area contributed by atoms with E-state index in [0.29, 0.717) is 23.3 Å². The van der Waals surface area contributed by atoms with Gasteiger partial charge >= 0.3 is 5.97 Å². The van der Waals surface area contributed by atoms with E-state index in [-0.39, 0.29) is 11.0 Å². The molecule has 1 aromatic carbocycles. The highest BCUT2D eigenvalue weighted by Crippen LogP contribution is 2.21. The van der Waals surface area contributed by atoms with Crippen LogP contribution in [-0.4, -0.2) is 24.7 Å². The normalized spacial score (nSPS) is 10.4. The Bertz CT molecular complexity index is 660. The second-order valence-corrected chi connectivity index (χ2v) is 4.05. The molecule has 0 spiro atoms. The van der Waals surface area contributed by atoms with Crippen molar-refractivity contribution in [1.82, 2.24) is 4.98 Å². The van der Waals surface area contributed by atoms with Crippen molar-refractivity contribution in [3.8, 4) is 5.75 Å². The number of carbonyl (C=O) groups excluding carboxylic acids is 1. The molecule has 5 nitrogen and oxygen atoms in total. The molecule has 1 N–H and O–H groups in total. The van der Waals surface area contributed by atoms with Crippen molar-refractivity contribution in [3.05, 3.63) is 40.2 Å². The van der Waals surface area contributed by atoms with Gasteiger partial charge in [0.2, 0.25) is 5.43 Å². The number of rotatable bonds is 4. The van der Waals surface area contributed by atoms with E-state index in [2.05, 4.69) is 9.72 Å². The average molecular weight is 261 g/mol. The van der Waals surface area contributed by atoms with Gasteiger partial charge in [-0.1, -0.05) is 13.0 Å². The van der Waals surface area contributed by atoms with Gasteiger partial charge in [0.15, 0.2) is 0 Å². The zero-order chi connectivity index (χ0) is 13.8. The van der Waals surface area contributed by atoms with E-state index in [1.807, 2.05) is 6.92 Å². The third-order valence-corrected chi connectivity index (χ3v) is 2.74. The first-order valence-corrected chi connectivity index (χ1v) is 6.04. The van der Waals surface area contributed by atoms with Gasteiger partial charge in [0, 0.05) is 6.20 Å². The summed E-state index contributed by atoms with van der Waals surface area (Å²) in [6.07, 6.45) is 2.23. The smallest absolute Gasteiger partial charge is 0.343 e. The molecule has 0 aliphatic heterocycles. The Morgan fingerprint density at radius 2 is 2.16 bits per heavy atom. The second kappa shape index (κ2) is 5.56. The van der Waals surface area contributed by atoms with Crippen LogP contribution in [-0.2, 0) is 4.74 Å². The van der Waals surface area contributed by atoms with Crippen LogP contribution in [0.4, 0.5) is 0 Å². The number of para-hydroxylation sites is 1. The van der Waals surface area contributed by atoms with Crippen LogP contribution >= 0.6 is 0 Å². The van der Waals surface area contributed by atoms with Crippen molar-refractivity contribution in [2.24, 2.45) is 0 Å².